The van der Waals surface area contributed by atoms with Gasteiger partial charge in [-0.15, -0.1) is 11.3 Å². The van der Waals surface area contributed by atoms with Crippen LogP contribution in [0.15, 0.2) is 15.9 Å². The first-order valence-electron chi connectivity index (χ1n) is 7.24. The molecule has 102 valence electrons. The first-order chi connectivity index (χ1) is 8.78. The molecule has 1 saturated carbocycles. The zero-order valence-corrected chi connectivity index (χ0v) is 13.7. The second kappa shape index (κ2) is 7.66. The van der Waals surface area contributed by atoms with E-state index in [4.69, 9.17) is 0 Å². The third kappa shape index (κ3) is 4.67. The van der Waals surface area contributed by atoms with E-state index < -0.39 is 0 Å². The number of halogens is 1. The molecule has 18 heavy (non-hydrogen) atoms. The monoisotopic (exact) mass is 329 g/mol. The number of rotatable bonds is 5. The van der Waals surface area contributed by atoms with E-state index in [1.54, 1.807) is 4.88 Å². The molecule has 1 heterocycles. The smallest absolute Gasteiger partial charge is 0.0285 e. The summed E-state index contributed by atoms with van der Waals surface area (Å²) in [6.07, 6.45) is 9.52. The maximum Gasteiger partial charge on any atom is 0.0285 e. The van der Waals surface area contributed by atoms with Crippen LogP contribution in [0.4, 0.5) is 0 Å². The van der Waals surface area contributed by atoms with Crippen molar-refractivity contribution >= 4 is 27.3 Å². The normalized spacial score (nSPS) is 25.0. The zero-order valence-electron chi connectivity index (χ0n) is 11.3. The molecule has 0 radical (unpaired) electrons. The van der Waals surface area contributed by atoms with Gasteiger partial charge in [0.15, 0.2) is 0 Å². The van der Waals surface area contributed by atoms with E-state index in [2.05, 4.69) is 39.6 Å². The van der Waals surface area contributed by atoms with Crippen LogP contribution < -0.4 is 5.32 Å². The molecular weight excluding hydrogens is 306 g/mol. The predicted molar refractivity (Wildman–Crippen MR) is 84.4 cm³/mol. The van der Waals surface area contributed by atoms with Crippen LogP contribution in [0.5, 0.6) is 0 Å². The minimum Gasteiger partial charge on any atom is -0.314 e. The Morgan fingerprint density at radius 3 is 2.94 bits per heavy atom. The van der Waals surface area contributed by atoms with Crippen LogP contribution in [0.25, 0.3) is 0 Å². The van der Waals surface area contributed by atoms with Crippen LogP contribution in [-0.4, -0.2) is 12.6 Å². The highest BCUT2D eigenvalue weighted by Gasteiger charge is 2.20. The molecule has 2 atom stereocenters. The van der Waals surface area contributed by atoms with Gasteiger partial charge in [-0.2, -0.15) is 0 Å². The van der Waals surface area contributed by atoms with Crippen LogP contribution in [0.2, 0.25) is 0 Å². The fraction of sp³-hybridized carbons (Fsp3) is 0.733. The second-order valence-corrected chi connectivity index (χ2v) is 7.38. The standard InChI is InChI=1S/C15H24BrNS/c1-2-7-17-14-6-4-3-5-12(8-14)9-15-10-13(16)11-18-15/h10-12,14,17H,2-9H2,1H3. The van der Waals surface area contributed by atoms with Crippen molar-refractivity contribution < 1.29 is 0 Å². The average molecular weight is 330 g/mol. The molecule has 1 aliphatic carbocycles. The topological polar surface area (TPSA) is 12.0 Å². The van der Waals surface area contributed by atoms with Crippen LogP contribution in [0.3, 0.4) is 0 Å². The lowest BCUT2D eigenvalue weighted by Gasteiger charge is -2.20. The van der Waals surface area contributed by atoms with E-state index in [0.717, 1.165) is 12.0 Å². The van der Waals surface area contributed by atoms with E-state index in [1.165, 1.54) is 56.0 Å². The van der Waals surface area contributed by atoms with Crippen molar-refractivity contribution in [1.82, 2.24) is 5.32 Å². The van der Waals surface area contributed by atoms with Crippen molar-refractivity contribution in [2.24, 2.45) is 5.92 Å². The van der Waals surface area contributed by atoms with Gasteiger partial charge in [-0.05, 0) is 60.1 Å². The quantitative estimate of drug-likeness (QED) is 0.749. The van der Waals surface area contributed by atoms with Crippen LogP contribution in [0.1, 0.15) is 50.3 Å². The minimum absolute atomic E-state index is 0.765. The van der Waals surface area contributed by atoms with Gasteiger partial charge in [0.2, 0.25) is 0 Å². The lowest BCUT2D eigenvalue weighted by Crippen LogP contribution is -2.31. The number of nitrogens with one attached hydrogen (secondary N) is 1. The SMILES string of the molecule is CCCNC1CCCCC(Cc2cc(Br)cs2)C1. The van der Waals surface area contributed by atoms with Crippen LogP contribution in [0, 0.1) is 5.92 Å². The third-order valence-corrected chi connectivity index (χ3v) is 5.55. The summed E-state index contributed by atoms with van der Waals surface area (Å²) in [6, 6.07) is 3.06. The summed E-state index contributed by atoms with van der Waals surface area (Å²) in [5, 5.41) is 5.93. The Bertz CT molecular complexity index is 350. The van der Waals surface area contributed by atoms with E-state index in [0.29, 0.717) is 0 Å². The van der Waals surface area contributed by atoms with Crippen molar-refractivity contribution in [3.8, 4) is 0 Å². The summed E-state index contributed by atoms with van der Waals surface area (Å²) in [6.45, 7) is 3.44. The maximum atomic E-state index is 3.73. The third-order valence-electron chi connectivity index (χ3n) is 3.83. The molecule has 0 aromatic carbocycles. The lowest BCUT2D eigenvalue weighted by atomic mass is 9.94. The molecule has 2 unspecified atom stereocenters. The van der Waals surface area contributed by atoms with Crippen molar-refractivity contribution in [3.05, 3.63) is 20.8 Å². The van der Waals surface area contributed by atoms with Gasteiger partial charge in [0.1, 0.15) is 0 Å². The summed E-state index contributed by atoms with van der Waals surface area (Å²) in [7, 11) is 0. The number of thiophene rings is 1. The largest absolute Gasteiger partial charge is 0.314 e. The Morgan fingerprint density at radius 2 is 2.22 bits per heavy atom. The van der Waals surface area contributed by atoms with E-state index in [9.17, 15) is 0 Å². The molecule has 0 spiro atoms. The highest BCUT2D eigenvalue weighted by atomic mass is 79.9. The van der Waals surface area contributed by atoms with Gasteiger partial charge in [0.25, 0.3) is 0 Å². The van der Waals surface area contributed by atoms with Gasteiger partial charge < -0.3 is 5.32 Å². The molecule has 0 amide bonds. The molecule has 1 aliphatic rings. The maximum absolute atomic E-state index is 3.73. The van der Waals surface area contributed by atoms with Gasteiger partial charge in [-0.3, -0.25) is 0 Å². The molecule has 0 saturated heterocycles. The van der Waals surface area contributed by atoms with Gasteiger partial charge in [-0.1, -0.05) is 26.2 Å². The van der Waals surface area contributed by atoms with Crippen LogP contribution in [-0.2, 0) is 6.42 Å². The van der Waals surface area contributed by atoms with E-state index >= 15 is 0 Å². The molecule has 2 rings (SSSR count). The van der Waals surface area contributed by atoms with E-state index in [1.807, 2.05) is 11.3 Å². The first-order valence-corrected chi connectivity index (χ1v) is 8.91. The molecule has 1 fully saturated rings. The van der Waals surface area contributed by atoms with E-state index in [-0.39, 0.29) is 0 Å². The summed E-state index contributed by atoms with van der Waals surface area (Å²) < 4.78 is 1.25. The summed E-state index contributed by atoms with van der Waals surface area (Å²) in [4.78, 5) is 1.54. The van der Waals surface area contributed by atoms with Crippen molar-refractivity contribution in [2.45, 2.75) is 57.9 Å². The molecule has 3 heteroatoms. The Balaban J connectivity index is 1.86. The van der Waals surface area contributed by atoms with Gasteiger partial charge in [0.05, 0.1) is 0 Å². The number of hydrogen-bond acceptors (Lipinski definition) is 2. The highest BCUT2D eigenvalue weighted by Crippen LogP contribution is 2.29. The minimum atomic E-state index is 0.765. The van der Waals surface area contributed by atoms with Gasteiger partial charge in [0, 0.05) is 20.8 Å². The van der Waals surface area contributed by atoms with Crippen LogP contribution >= 0.6 is 27.3 Å². The van der Waals surface area contributed by atoms with Gasteiger partial charge in [-0.25, -0.2) is 0 Å². The average Bonchev–Trinajstić information content (AvgIpc) is 2.63. The molecule has 1 aromatic rings. The summed E-state index contributed by atoms with van der Waals surface area (Å²) >= 11 is 5.46. The lowest BCUT2D eigenvalue weighted by molar-refractivity contribution is 0.386. The Hall–Kier alpha value is 0.140. The fourth-order valence-electron chi connectivity index (χ4n) is 2.93. The predicted octanol–water partition coefficient (Wildman–Crippen LogP) is 5.00. The molecule has 1 aromatic heterocycles. The number of hydrogen-bond donors (Lipinski definition) is 1. The molecule has 1 N–H and O–H groups in total. The second-order valence-electron chi connectivity index (χ2n) is 5.47. The first kappa shape index (κ1) is 14.5. The van der Waals surface area contributed by atoms with Crippen molar-refractivity contribution in [3.63, 3.8) is 0 Å². The summed E-state index contributed by atoms with van der Waals surface area (Å²) in [5.74, 6) is 0.882. The van der Waals surface area contributed by atoms with Gasteiger partial charge >= 0.3 is 0 Å². The molecule has 0 bridgehead atoms. The zero-order chi connectivity index (χ0) is 12.8. The summed E-state index contributed by atoms with van der Waals surface area (Å²) in [5.41, 5.74) is 0. The Morgan fingerprint density at radius 1 is 1.39 bits per heavy atom. The molecule has 1 nitrogen and oxygen atoms in total. The highest BCUT2D eigenvalue weighted by molar-refractivity contribution is 9.10. The Kier molecular flexibility index (Phi) is 6.19. The fourth-order valence-corrected chi connectivity index (χ4v) is 4.49. The molecular formula is C15H24BrNS. The van der Waals surface area contributed by atoms with Crippen molar-refractivity contribution in [1.29, 1.82) is 0 Å². The van der Waals surface area contributed by atoms with Crippen molar-refractivity contribution in [2.75, 3.05) is 6.54 Å². The molecule has 0 aliphatic heterocycles. The Labute approximate surface area is 123 Å².